The first kappa shape index (κ1) is 14.6. The van der Waals surface area contributed by atoms with Gasteiger partial charge in [0.2, 0.25) is 0 Å². The second kappa shape index (κ2) is 7.05. The molecule has 0 bridgehead atoms. The minimum Gasteiger partial charge on any atom is -0.369 e. The molecule has 18 heavy (non-hydrogen) atoms. The van der Waals surface area contributed by atoms with Crippen LogP contribution in [0.15, 0.2) is 12.4 Å². The van der Waals surface area contributed by atoms with Gasteiger partial charge >= 0.3 is 0 Å². The van der Waals surface area contributed by atoms with Crippen LogP contribution in [-0.2, 0) is 10.8 Å². The summed E-state index contributed by atoms with van der Waals surface area (Å²) in [6.07, 6.45) is 4.58. The molecule has 1 aromatic rings. The summed E-state index contributed by atoms with van der Waals surface area (Å²) in [6, 6.07) is 0. The van der Waals surface area contributed by atoms with E-state index in [-0.39, 0.29) is 16.9 Å². The van der Waals surface area contributed by atoms with Crippen LogP contribution in [0, 0.1) is 0 Å². The van der Waals surface area contributed by atoms with Crippen molar-refractivity contribution in [2.24, 2.45) is 0 Å². The lowest BCUT2D eigenvalue weighted by Gasteiger charge is -2.10. The summed E-state index contributed by atoms with van der Waals surface area (Å²) in [5.74, 6) is 0.261. The summed E-state index contributed by atoms with van der Waals surface area (Å²) in [7, 11) is -0.954. The van der Waals surface area contributed by atoms with E-state index in [4.69, 9.17) is 0 Å². The van der Waals surface area contributed by atoms with E-state index in [1.54, 1.807) is 12.5 Å². The SMILES string of the molecule is CCNc1cncc(C(=O)NCC(C)S(C)=O)n1. The van der Waals surface area contributed by atoms with E-state index in [0.29, 0.717) is 18.9 Å². The van der Waals surface area contributed by atoms with Gasteiger partial charge in [0.05, 0.1) is 12.4 Å². The highest BCUT2D eigenvalue weighted by molar-refractivity contribution is 7.84. The van der Waals surface area contributed by atoms with Crippen LogP contribution in [0.1, 0.15) is 24.3 Å². The Morgan fingerprint density at radius 3 is 2.83 bits per heavy atom. The van der Waals surface area contributed by atoms with E-state index in [1.807, 2.05) is 13.8 Å². The van der Waals surface area contributed by atoms with Crippen molar-refractivity contribution in [3.8, 4) is 0 Å². The van der Waals surface area contributed by atoms with Gasteiger partial charge in [-0.2, -0.15) is 0 Å². The number of nitrogens with zero attached hydrogens (tertiary/aromatic N) is 2. The van der Waals surface area contributed by atoms with Crippen molar-refractivity contribution in [2.45, 2.75) is 19.1 Å². The van der Waals surface area contributed by atoms with Crippen molar-refractivity contribution in [1.29, 1.82) is 0 Å². The Morgan fingerprint density at radius 2 is 2.22 bits per heavy atom. The maximum Gasteiger partial charge on any atom is 0.271 e. The summed E-state index contributed by atoms with van der Waals surface area (Å²) in [5.41, 5.74) is 0.252. The molecule has 0 aliphatic rings. The van der Waals surface area contributed by atoms with E-state index >= 15 is 0 Å². The Bertz CT molecular complexity index is 439. The van der Waals surface area contributed by atoms with Gasteiger partial charge in [0, 0.05) is 35.4 Å². The largest absolute Gasteiger partial charge is 0.369 e. The molecule has 0 saturated heterocycles. The van der Waals surface area contributed by atoms with Gasteiger partial charge in [-0.05, 0) is 13.8 Å². The Balaban J connectivity index is 2.61. The molecule has 2 atom stereocenters. The van der Waals surface area contributed by atoms with Crippen LogP contribution in [0.3, 0.4) is 0 Å². The highest BCUT2D eigenvalue weighted by atomic mass is 32.2. The quantitative estimate of drug-likeness (QED) is 0.782. The number of anilines is 1. The minimum absolute atomic E-state index is 0.0844. The summed E-state index contributed by atoms with van der Waals surface area (Å²) < 4.78 is 11.2. The molecule has 0 aliphatic heterocycles. The monoisotopic (exact) mass is 270 g/mol. The van der Waals surface area contributed by atoms with Gasteiger partial charge in [0.25, 0.3) is 5.91 Å². The summed E-state index contributed by atoms with van der Waals surface area (Å²) in [4.78, 5) is 19.9. The third-order valence-corrected chi connectivity index (χ3v) is 3.64. The predicted octanol–water partition coefficient (Wildman–Crippen LogP) is 0.405. The highest BCUT2D eigenvalue weighted by Crippen LogP contribution is 2.01. The van der Waals surface area contributed by atoms with Crippen LogP contribution in [0.2, 0.25) is 0 Å². The predicted molar refractivity (Wildman–Crippen MR) is 72.1 cm³/mol. The first-order valence-electron chi connectivity index (χ1n) is 5.71. The van der Waals surface area contributed by atoms with Crippen LogP contribution in [0.5, 0.6) is 0 Å². The third-order valence-electron chi connectivity index (χ3n) is 2.34. The van der Waals surface area contributed by atoms with Gasteiger partial charge in [-0.25, -0.2) is 4.98 Å². The molecule has 2 unspecified atom stereocenters. The lowest BCUT2D eigenvalue weighted by Crippen LogP contribution is -2.33. The first-order valence-corrected chi connectivity index (χ1v) is 7.33. The molecule has 0 fully saturated rings. The number of nitrogens with one attached hydrogen (secondary N) is 2. The molecule has 0 aliphatic carbocycles. The Labute approximate surface area is 109 Å². The summed E-state index contributed by atoms with van der Waals surface area (Å²) in [5, 5.41) is 5.59. The van der Waals surface area contributed by atoms with Crippen LogP contribution in [-0.4, -0.2) is 44.7 Å². The van der Waals surface area contributed by atoms with Gasteiger partial charge in [-0.1, -0.05) is 0 Å². The molecular weight excluding hydrogens is 252 g/mol. The van der Waals surface area contributed by atoms with Crippen molar-refractivity contribution in [3.63, 3.8) is 0 Å². The minimum atomic E-state index is -0.954. The fraction of sp³-hybridized carbons (Fsp3) is 0.545. The maximum absolute atomic E-state index is 11.8. The zero-order valence-corrected chi connectivity index (χ0v) is 11.6. The lowest BCUT2D eigenvalue weighted by molar-refractivity contribution is 0.0949. The smallest absolute Gasteiger partial charge is 0.271 e. The van der Waals surface area contributed by atoms with Crippen LogP contribution >= 0.6 is 0 Å². The Morgan fingerprint density at radius 1 is 1.50 bits per heavy atom. The number of carbonyl (C=O) groups excluding carboxylic acids is 1. The fourth-order valence-corrected chi connectivity index (χ4v) is 1.50. The normalized spacial score (nSPS) is 13.7. The van der Waals surface area contributed by atoms with Crippen LogP contribution < -0.4 is 10.6 Å². The molecule has 0 aromatic carbocycles. The van der Waals surface area contributed by atoms with E-state index < -0.39 is 10.8 Å². The average molecular weight is 270 g/mol. The van der Waals surface area contributed by atoms with Gasteiger partial charge in [-0.15, -0.1) is 0 Å². The Kier molecular flexibility index (Phi) is 5.70. The van der Waals surface area contributed by atoms with Gasteiger partial charge in [-0.3, -0.25) is 14.0 Å². The number of aromatic nitrogens is 2. The topological polar surface area (TPSA) is 84.0 Å². The molecule has 0 saturated carbocycles. The zero-order valence-electron chi connectivity index (χ0n) is 10.8. The lowest BCUT2D eigenvalue weighted by atomic mass is 10.4. The van der Waals surface area contributed by atoms with E-state index in [1.165, 1.54) is 6.20 Å². The molecule has 2 N–H and O–H groups in total. The van der Waals surface area contributed by atoms with Crippen LogP contribution in [0.25, 0.3) is 0 Å². The number of rotatable bonds is 6. The second-order valence-electron chi connectivity index (χ2n) is 3.84. The first-order chi connectivity index (χ1) is 8.54. The van der Waals surface area contributed by atoms with Gasteiger partial charge < -0.3 is 10.6 Å². The number of amides is 1. The van der Waals surface area contributed by atoms with Crippen molar-refractivity contribution in [1.82, 2.24) is 15.3 Å². The van der Waals surface area contributed by atoms with Crippen molar-refractivity contribution >= 4 is 22.5 Å². The fourth-order valence-electron chi connectivity index (χ4n) is 1.19. The van der Waals surface area contributed by atoms with Crippen molar-refractivity contribution in [3.05, 3.63) is 18.1 Å². The second-order valence-corrected chi connectivity index (χ2v) is 5.64. The molecule has 7 heteroatoms. The van der Waals surface area contributed by atoms with E-state index in [9.17, 15) is 9.00 Å². The number of hydrogen-bond acceptors (Lipinski definition) is 5. The summed E-state index contributed by atoms with van der Waals surface area (Å²) in [6.45, 7) is 4.82. The maximum atomic E-state index is 11.8. The molecule has 6 nitrogen and oxygen atoms in total. The summed E-state index contributed by atoms with van der Waals surface area (Å²) >= 11 is 0. The van der Waals surface area contributed by atoms with E-state index in [0.717, 1.165) is 0 Å². The van der Waals surface area contributed by atoms with Gasteiger partial charge in [0.15, 0.2) is 0 Å². The zero-order chi connectivity index (χ0) is 13.5. The van der Waals surface area contributed by atoms with Crippen molar-refractivity contribution < 1.29 is 9.00 Å². The number of carbonyl (C=O) groups is 1. The molecular formula is C11H18N4O2S. The number of hydrogen-bond donors (Lipinski definition) is 2. The molecule has 1 rings (SSSR count). The third kappa shape index (κ3) is 4.40. The standard InChI is InChI=1S/C11H18N4O2S/c1-4-13-10-7-12-6-9(15-10)11(16)14-5-8(2)18(3)17/h6-8H,4-5H2,1-3H3,(H,13,15)(H,14,16). The van der Waals surface area contributed by atoms with Gasteiger partial charge in [0.1, 0.15) is 11.5 Å². The van der Waals surface area contributed by atoms with E-state index in [2.05, 4.69) is 20.6 Å². The Hall–Kier alpha value is -1.50. The molecule has 1 amide bonds. The molecule has 0 radical (unpaired) electrons. The molecule has 1 heterocycles. The molecule has 100 valence electrons. The van der Waals surface area contributed by atoms with Crippen LogP contribution in [0.4, 0.5) is 5.82 Å². The average Bonchev–Trinajstić information content (AvgIpc) is 2.36. The van der Waals surface area contributed by atoms with Crippen molar-refractivity contribution in [2.75, 3.05) is 24.7 Å². The molecule has 0 spiro atoms. The highest BCUT2D eigenvalue weighted by Gasteiger charge is 2.11. The molecule has 1 aromatic heterocycles.